The first-order valence-corrected chi connectivity index (χ1v) is 5.00. The lowest BCUT2D eigenvalue weighted by Gasteiger charge is -2.08. The molecule has 0 fully saturated rings. The van der Waals surface area contributed by atoms with Gasteiger partial charge in [0.25, 0.3) is 0 Å². The van der Waals surface area contributed by atoms with Crippen LogP contribution >= 0.6 is 15.9 Å². The number of halogens is 2. The van der Waals surface area contributed by atoms with Crippen LogP contribution in [0.1, 0.15) is 18.9 Å². The van der Waals surface area contributed by atoms with E-state index in [0.29, 0.717) is 22.2 Å². The molecule has 72 valence electrons. The number of ether oxygens (including phenoxy) is 1. The summed E-state index contributed by atoms with van der Waals surface area (Å²) in [7, 11) is 1.56. The van der Waals surface area contributed by atoms with Crippen molar-refractivity contribution in [2.24, 2.45) is 0 Å². The second-order valence-electron chi connectivity index (χ2n) is 2.82. The molecule has 0 saturated heterocycles. The van der Waals surface area contributed by atoms with E-state index in [1.165, 1.54) is 6.07 Å². The van der Waals surface area contributed by atoms with Crippen molar-refractivity contribution in [2.75, 3.05) is 7.11 Å². The fourth-order valence-corrected chi connectivity index (χ4v) is 1.66. The summed E-state index contributed by atoms with van der Waals surface area (Å²) < 4.78 is 19.2. The lowest BCUT2D eigenvalue weighted by molar-refractivity contribution is 0.403. The first kappa shape index (κ1) is 10.5. The quantitative estimate of drug-likeness (QED) is 0.793. The molecule has 0 aliphatic heterocycles. The highest BCUT2D eigenvalue weighted by atomic mass is 79.9. The van der Waals surface area contributed by atoms with E-state index in [1.807, 2.05) is 6.92 Å². The standard InChI is InChI=1S/C10H12BrFO/c1-3-4-8-9(12)5-7(11)6-10(8)13-2/h5-6H,3-4H2,1-2H3. The molecule has 1 aromatic carbocycles. The zero-order valence-corrected chi connectivity index (χ0v) is 9.32. The number of rotatable bonds is 3. The topological polar surface area (TPSA) is 9.23 Å². The Labute approximate surface area is 86.0 Å². The molecule has 0 radical (unpaired) electrons. The third-order valence-electron chi connectivity index (χ3n) is 1.84. The highest BCUT2D eigenvalue weighted by Crippen LogP contribution is 2.27. The van der Waals surface area contributed by atoms with Gasteiger partial charge in [0.2, 0.25) is 0 Å². The van der Waals surface area contributed by atoms with Gasteiger partial charge in [0.1, 0.15) is 11.6 Å². The Morgan fingerprint density at radius 3 is 2.69 bits per heavy atom. The molecule has 3 heteroatoms. The van der Waals surface area contributed by atoms with Crippen LogP contribution in [0.25, 0.3) is 0 Å². The van der Waals surface area contributed by atoms with Gasteiger partial charge in [-0.2, -0.15) is 0 Å². The van der Waals surface area contributed by atoms with Crippen LogP contribution in [0.5, 0.6) is 5.75 Å². The number of methoxy groups -OCH3 is 1. The van der Waals surface area contributed by atoms with E-state index >= 15 is 0 Å². The third-order valence-corrected chi connectivity index (χ3v) is 2.30. The van der Waals surface area contributed by atoms with E-state index in [0.717, 1.165) is 6.42 Å². The average Bonchev–Trinajstić information content (AvgIpc) is 2.09. The summed E-state index contributed by atoms with van der Waals surface area (Å²) in [6, 6.07) is 3.25. The van der Waals surface area contributed by atoms with Gasteiger partial charge in [0.05, 0.1) is 7.11 Å². The minimum atomic E-state index is -0.201. The molecule has 0 unspecified atom stereocenters. The predicted molar refractivity (Wildman–Crippen MR) is 54.6 cm³/mol. The molecule has 0 aliphatic rings. The molecule has 13 heavy (non-hydrogen) atoms. The van der Waals surface area contributed by atoms with Gasteiger partial charge in [0, 0.05) is 10.0 Å². The molecule has 0 spiro atoms. The van der Waals surface area contributed by atoms with E-state index in [-0.39, 0.29) is 5.82 Å². The Hall–Kier alpha value is -0.570. The Kier molecular flexibility index (Phi) is 3.72. The van der Waals surface area contributed by atoms with Crippen molar-refractivity contribution < 1.29 is 9.13 Å². The van der Waals surface area contributed by atoms with Crippen molar-refractivity contribution in [2.45, 2.75) is 19.8 Å². The number of hydrogen-bond donors (Lipinski definition) is 0. The molecular weight excluding hydrogens is 235 g/mol. The molecule has 0 aliphatic carbocycles. The Bertz CT molecular complexity index is 299. The molecule has 0 N–H and O–H groups in total. The summed E-state index contributed by atoms with van der Waals surface area (Å²) in [6.07, 6.45) is 1.62. The second-order valence-corrected chi connectivity index (χ2v) is 3.73. The summed E-state index contributed by atoms with van der Waals surface area (Å²) in [5.41, 5.74) is 0.660. The van der Waals surface area contributed by atoms with Crippen LogP contribution in [-0.4, -0.2) is 7.11 Å². The minimum absolute atomic E-state index is 0.201. The third kappa shape index (κ3) is 2.44. The summed E-state index contributed by atoms with van der Waals surface area (Å²) in [5.74, 6) is 0.418. The summed E-state index contributed by atoms with van der Waals surface area (Å²) in [5, 5.41) is 0. The highest BCUT2D eigenvalue weighted by molar-refractivity contribution is 9.10. The molecular formula is C10H12BrFO. The van der Waals surface area contributed by atoms with E-state index in [1.54, 1.807) is 13.2 Å². The fraction of sp³-hybridized carbons (Fsp3) is 0.400. The molecule has 0 heterocycles. The van der Waals surface area contributed by atoms with E-state index in [9.17, 15) is 4.39 Å². The van der Waals surface area contributed by atoms with Gasteiger partial charge in [-0.25, -0.2) is 4.39 Å². The smallest absolute Gasteiger partial charge is 0.131 e. The molecule has 0 aromatic heterocycles. The predicted octanol–water partition coefficient (Wildman–Crippen LogP) is 3.55. The van der Waals surface area contributed by atoms with Crippen molar-refractivity contribution >= 4 is 15.9 Å². The molecule has 0 amide bonds. The van der Waals surface area contributed by atoms with Crippen molar-refractivity contribution in [3.8, 4) is 5.75 Å². The van der Waals surface area contributed by atoms with Gasteiger partial charge in [-0.3, -0.25) is 0 Å². The van der Waals surface area contributed by atoms with Crippen LogP contribution in [0.4, 0.5) is 4.39 Å². The van der Waals surface area contributed by atoms with Gasteiger partial charge >= 0.3 is 0 Å². The van der Waals surface area contributed by atoms with Crippen LogP contribution in [0.15, 0.2) is 16.6 Å². The Morgan fingerprint density at radius 1 is 1.46 bits per heavy atom. The maximum absolute atomic E-state index is 13.4. The number of benzene rings is 1. The zero-order chi connectivity index (χ0) is 9.84. The monoisotopic (exact) mass is 246 g/mol. The molecule has 0 bridgehead atoms. The first-order valence-electron chi connectivity index (χ1n) is 4.21. The first-order chi connectivity index (χ1) is 6.19. The maximum Gasteiger partial charge on any atom is 0.131 e. The largest absolute Gasteiger partial charge is 0.496 e. The van der Waals surface area contributed by atoms with Crippen molar-refractivity contribution in [1.82, 2.24) is 0 Å². The minimum Gasteiger partial charge on any atom is -0.496 e. The lowest BCUT2D eigenvalue weighted by Crippen LogP contribution is -1.95. The van der Waals surface area contributed by atoms with E-state index in [2.05, 4.69) is 15.9 Å². The van der Waals surface area contributed by atoms with Crippen molar-refractivity contribution in [3.63, 3.8) is 0 Å². The summed E-state index contributed by atoms with van der Waals surface area (Å²) in [6.45, 7) is 2.01. The SMILES string of the molecule is CCCc1c(F)cc(Br)cc1OC. The van der Waals surface area contributed by atoms with Gasteiger partial charge in [-0.05, 0) is 18.6 Å². The van der Waals surface area contributed by atoms with Crippen LogP contribution in [0, 0.1) is 5.82 Å². The van der Waals surface area contributed by atoms with Gasteiger partial charge < -0.3 is 4.74 Å². The van der Waals surface area contributed by atoms with Gasteiger partial charge in [-0.1, -0.05) is 29.3 Å². The molecule has 1 aromatic rings. The Balaban J connectivity index is 3.13. The van der Waals surface area contributed by atoms with Crippen LogP contribution in [0.2, 0.25) is 0 Å². The average molecular weight is 247 g/mol. The summed E-state index contributed by atoms with van der Waals surface area (Å²) >= 11 is 3.22. The van der Waals surface area contributed by atoms with Crippen LogP contribution < -0.4 is 4.74 Å². The second kappa shape index (κ2) is 4.61. The van der Waals surface area contributed by atoms with E-state index in [4.69, 9.17) is 4.74 Å². The summed E-state index contributed by atoms with van der Waals surface area (Å²) in [4.78, 5) is 0. The van der Waals surface area contributed by atoms with Crippen molar-refractivity contribution in [1.29, 1.82) is 0 Å². The molecule has 1 nitrogen and oxygen atoms in total. The maximum atomic E-state index is 13.4. The van der Waals surface area contributed by atoms with Crippen LogP contribution in [-0.2, 0) is 6.42 Å². The highest BCUT2D eigenvalue weighted by Gasteiger charge is 2.09. The van der Waals surface area contributed by atoms with Crippen LogP contribution in [0.3, 0.4) is 0 Å². The zero-order valence-electron chi connectivity index (χ0n) is 7.73. The molecule has 1 rings (SSSR count). The fourth-order valence-electron chi connectivity index (χ4n) is 1.25. The molecule has 0 atom stereocenters. The number of hydrogen-bond acceptors (Lipinski definition) is 1. The lowest BCUT2D eigenvalue weighted by atomic mass is 10.1. The van der Waals surface area contributed by atoms with Gasteiger partial charge in [-0.15, -0.1) is 0 Å². The van der Waals surface area contributed by atoms with E-state index < -0.39 is 0 Å². The Morgan fingerprint density at radius 2 is 2.15 bits per heavy atom. The normalized spacial score (nSPS) is 10.2. The van der Waals surface area contributed by atoms with Crippen molar-refractivity contribution in [3.05, 3.63) is 28.0 Å². The van der Waals surface area contributed by atoms with Gasteiger partial charge in [0.15, 0.2) is 0 Å². The molecule has 0 saturated carbocycles.